The summed E-state index contributed by atoms with van der Waals surface area (Å²) in [6.07, 6.45) is 3.37. The Morgan fingerprint density at radius 3 is 2.69 bits per heavy atom. The van der Waals surface area contributed by atoms with E-state index in [1.807, 2.05) is 42.5 Å². The van der Waals surface area contributed by atoms with Crippen molar-refractivity contribution < 1.29 is 9.94 Å². The number of likely N-dealkylation sites (N-methyl/N-ethyl adjacent to an activating group) is 1. The Bertz CT molecular complexity index is 1610. The summed E-state index contributed by atoms with van der Waals surface area (Å²) in [5.74, 6) is 0.0974. The molecule has 0 radical (unpaired) electrons. The average Bonchev–Trinajstić information content (AvgIpc) is 3.31. The van der Waals surface area contributed by atoms with Crippen molar-refractivity contribution >= 4 is 28.0 Å². The molecule has 3 aromatic heterocycles. The van der Waals surface area contributed by atoms with Crippen LogP contribution in [0.5, 0.6) is 5.88 Å². The van der Waals surface area contributed by atoms with Crippen molar-refractivity contribution in [3.05, 3.63) is 89.7 Å². The normalized spacial score (nSPS) is 15.0. The second-order valence-corrected chi connectivity index (χ2v) is 9.92. The highest BCUT2D eigenvalue weighted by molar-refractivity contribution is 6.01. The smallest absolute Gasteiger partial charge is 0.199 e. The summed E-state index contributed by atoms with van der Waals surface area (Å²) in [5.41, 5.74) is 6.11. The Hall–Kier alpha value is -4.27. The van der Waals surface area contributed by atoms with Gasteiger partial charge in [-0.05, 0) is 54.1 Å². The van der Waals surface area contributed by atoms with Gasteiger partial charge in [-0.2, -0.15) is 0 Å². The maximum absolute atomic E-state index is 10.8. The van der Waals surface area contributed by atoms with Crippen LogP contribution in [0.2, 0.25) is 0 Å². The van der Waals surface area contributed by atoms with E-state index >= 15 is 0 Å². The second-order valence-electron chi connectivity index (χ2n) is 9.92. The Labute approximate surface area is 227 Å². The molecule has 4 heterocycles. The van der Waals surface area contributed by atoms with Crippen LogP contribution in [-0.2, 0) is 18.0 Å². The summed E-state index contributed by atoms with van der Waals surface area (Å²) in [4.78, 5) is 22.6. The molecule has 5 aromatic rings. The predicted molar refractivity (Wildman–Crippen MR) is 155 cm³/mol. The number of nitrogens with one attached hydrogen (secondary N) is 1. The number of piperazine rings is 1. The van der Waals surface area contributed by atoms with Gasteiger partial charge in [-0.1, -0.05) is 42.4 Å². The van der Waals surface area contributed by atoms with Crippen LogP contribution in [0.4, 0.5) is 0 Å². The highest BCUT2D eigenvalue weighted by Gasteiger charge is 2.17. The lowest BCUT2D eigenvalue weighted by Gasteiger charge is -2.34. The molecule has 6 rings (SSSR count). The van der Waals surface area contributed by atoms with Gasteiger partial charge in [-0.25, -0.2) is 4.98 Å². The van der Waals surface area contributed by atoms with Gasteiger partial charge in [0.2, 0.25) is 0 Å². The van der Waals surface area contributed by atoms with Gasteiger partial charge in [0.1, 0.15) is 0 Å². The van der Waals surface area contributed by atoms with E-state index in [9.17, 15) is 5.11 Å². The lowest BCUT2D eigenvalue weighted by atomic mass is 10.1. The van der Waals surface area contributed by atoms with Gasteiger partial charge in [-0.15, -0.1) is 0 Å². The third kappa shape index (κ3) is 5.62. The molecule has 0 unspecified atom stereocenters. The lowest BCUT2D eigenvalue weighted by molar-refractivity contribution is 0.129. The zero-order chi connectivity index (χ0) is 26.6. The van der Waals surface area contributed by atoms with Crippen molar-refractivity contribution in [1.29, 1.82) is 0 Å². The molecular weight excluding hydrogens is 488 g/mol. The van der Waals surface area contributed by atoms with Gasteiger partial charge < -0.3 is 19.8 Å². The molecule has 198 valence electrons. The van der Waals surface area contributed by atoms with Gasteiger partial charge in [0.15, 0.2) is 12.5 Å². The average molecular weight is 521 g/mol. The molecule has 1 aliphatic rings. The van der Waals surface area contributed by atoms with Crippen molar-refractivity contribution in [2.24, 2.45) is 5.16 Å². The fourth-order valence-corrected chi connectivity index (χ4v) is 5.16. The standard InChI is InChI=1S/C31H32N6O2/c1-2-36-13-15-37(16-14-36)20-23-7-10-27-24(17-23)8-11-28(34-27)30-26-9-6-22(18-29(26)35-31(30)38)19-33-39-21-25-5-3-4-12-32-25/h3-12,17-19,35,38H,2,13-16,20-21H2,1H3/b33-19+. The van der Waals surface area contributed by atoms with Crippen LogP contribution in [0, 0.1) is 0 Å². The first kappa shape index (κ1) is 25.0. The molecular formula is C31H32N6O2. The van der Waals surface area contributed by atoms with Gasteiger partial charge in [-0.3, -0.25) is 9.88 Å². The third-order valence-electron chi connectivity index (χ3n) is 7.35. The summed E-state index contributed by atoms with van der Waals surface area (Å²) in [7, 11) is 0. The Kier molecular flexibility index (Phi) is 7.21. The van der Waals surface area contributed by atoms with Crippen LogP contribution in [-0.4, -0.2) is 68.8 Å². The number of nitrogens with zero attached hydrogens (tertiary/aromatic N) is 5. The van der Waals surface area contributed by atoms with E-state index in [1.165, 1.54) is 5.56 Å². The fraction of sp³-hybridized carbons (Fsp3) is 0.258. The molecule has 0 bridgehead atoms. The highest BCUT2D eigenvalue weighted by Crippen LogP contribution is 2.36. The number of aromatic nitrogens is 3. The lowest BCUT2D eigenvalue weighted by Crippen LogP contribution is -2.45. The SMILES string of the molecule is CCN1CCN(Cc2ccc3nc(-c4c(O)[nH]c5cc(/C=N/OCc6ccccn6)ccc45)ccc3c2)CC1. The zero-order valence-corrected chi connectivity index (χ0v) is 22.0. The minimum Gasteiger partial charge on any atom is -0.494 e. The minimum atomic E-state index is 0.0974. The van der Waals surface area contributed by atoms with E-state index in [1.54, 1.807) is 12.4 Å². The maximum atomic E-state index is 10.8. The van der Waals surface area contributed by atoms with Crippen LogP contribution in [0.1, 0.15) is 23.7 Å². The number of hydrogen-bond donors (Lipinski definition) is 2. The molecule has 39 heavy (non-hydrogen) atoms. The molecule has 1 saturated heterocycles. The third-order valence-corrected chi connectivity index (χ3v) is 7.35. The molecule has 0 amide bonds. The first-order valence-corrected chi connectivity index (χ1v) is 13.4. The second kappa shape index (κ2) is 11.2. The number of pyridine rings is 2. The van der Waals surface area contributed by atoms with E-state index in [4.69, 9.17) is 9.82 Å². The highest BCUT2D eigenvalue weighted by atomic mass is 16.6. The van der Waals surface area contributed by atoms with Crippen molar-refractivity contribution in [1.82, 2.24) is 24.8 Å². The van der Waals surface area contributed by atoms with E-state index in [-0.39, 0.29) is 5.88 Å². The maximum Gasteiger partial charge on any atom is 0.199 e. The number of H-pyrrole nitrogens is 1. The van der Waals surface area contributed by atoms with Crippen LogP contribution >= 0.6 is 0 Å². The molecule has 2 aromatic carbocycles. The van der Waals surface area contributed by atoms with Gasteiger partial charge in [0.25, 0.3) is 0 Å². The van der Waals surface area contributed by atoms with Crippen LogP contribution in [0.3, 0.4) is 0 Å². The summed E-state index contributed by atoms with van der Waals surface area (Å²) in [6, 6.07) is 22.1. The number of fused-ring (bicyclic) bond motifs is 2. The van der Waals surface area contributed by atoms with Gasteiger partial charge >= 0.3 is 0 Å². The molecule has 0 aliphatic carbocycles. The Balaban J connectivity index is 1.17. The number of aromatic amines is 1. The summed E-state index contributed by atoms with van der Waals surface area (Å²) >= 11 is 0. The summed E-state index contributed by atoms with van der Waals surface area (Å²) in [5, 5.41) is 16.8. The number of hydrogen-bond acceptors (Lipinski definition) is 7. The molecule has 0 atom stereocenters. The molecule has 1 fully saturated rings. The molecule has 0 saturated carbocycles. The first-order chi connectivity index (χ1) is 19.2. The van der Waals surface area contributed by atoms with Crippen LogP contribution < -0.4 is 0 Å². The van der Waals surface area contributed by atoms with Crippen molar-refractivity contribution in [2.75, 3.05) is 32.7 Å². The van der Waals surface area contributed by atoms with E-state index in [2.05, 4.69) is 56.1 Å². The largest absolute Gasteiger partial charge is 0.494 e. The van der Waals surface area contributed by atoms with Gasteiger partial charge in [0.05, 0.1) is 28.7 Å². The van der Waals surface area contributed by atoms with E-state index in [0.717, 1.165) is 78.0 Å². The first-order valence-electron chi connectivity index (χ1n) is 13.4. The molecule has 0 spiro atoms. The molecule has 8 nitrogen and oxygen atoms in total. The number of rotatable bonds is 8. The van der Waals surface area contributed by atoms with Crippen molar-refractivity contribution in [3.8, 4) is 17.1 Å². The Morgan fingerprint density at radius 1 is 1.00 bits per heavy atom. The number of oxime groups is 1. The zero-order valence-electron chi connectivity index (χ0n) is 22.0. The topological polar surface area (TPSA) is 89.9 Å². The van der Waals surface area contributed by atoms with E-state index in [0.29, 0.717) is 12.2 Å². The monoisotopic (exact) mass is 520 g/mol. The van der Waals surface area contributed by atoms with E-state index < -0.39 is 0 Å². The summed E-state index contributed by atoms with van der Waals surface area (Å²) < 4.78 is 0. The van der Waals surface area contributed by atoms with Crippen LogP contribution in [0.25, 0.3) is 33.1 Å². The van der Waals surface area contributed by atoms with Crippen molar-refractivity contribution in [2.45, 2.75) is 20.1 Å². The fourth-order valence-electron chi connectivity index (χ4n) is 5.16. The van der Waals surface area contributed by atoms with Crippen LogP contribution in [0.15, 0.2) is 78.1 Å². The van der Waals surface area contributed by atoms with Gasteiger partial charge in [0, 0.05) is 55.2 Å². The van der Waals surface area contributed by atoms with Crippen molar-refractivity contribution in [3.63, 3.8) is 0 Å². The molecule has 2 N–H and O–H groups in total. The minimum absolute atomic E-state index is 0.0974. The quantitative estimate of drug-likeness (QED) is 0.217. The number of benzene rings is 2. The predicted octanol–water partition coefficient (Wildman–Crippen LogP) is 5.17. The molecule has 1 aliphatic heterocycles. The Morgan fingerprint density at radius 2 is 1.87 bits per heavy atom. The summed E-state index contributed by atoms with van der Waals surface area (Å²) in [6.45, 7) is 9.10. The molecule has 8 heteroatoms. The number of aromatic hydroxyl groups is 1.